The number of carbonyl (C=O) groups is 3. The van der Waals surface area contributed by atoms with E-state index in [1.54, 1.807) is 4.90 Å². The molecule has 6 nitrogen and oxygen atoms in total. The lowest BCUT2D eigenvalue weighted by atomic mass is 9.92. The van der Waals surface area contributed by atoms with Crippen molar-refractivity contribution in [3.63, 3.8) is 0 Å². The molecule has 0 saturated carbocycles. The Morgan fingerprint density at radius 1 is 0.879 bits per heavy atom. The van der Waals surface area contributed by atoms with Crippen molar-refractivity contribution in [1.29, 1.82) is 0 Å². The molecule has 2 heterocycles. The third-order valence-corrected chi connectivity index (χ3v) is 6.61. The van der Waals surface area contributed by atoms with E-state index < -0.39 is 6.04 Å². The second-order valence-electron chi connectivity index (χ2n) is 9.59. The van der Waals surface area contributed by atoms with Crippen molar-refractivity contribution in [2.75, 3.05) is 26.2 Å². The first-order chi connectivity index (χ1) is 15.8. The minimum atomic E-state index is -0.481. The molecule has 33 heavy (non-hydrogen) atoms. The molecule has 2 aliphatic heterocycles. The van der Waals surface area contributed by atoms with Gasteiger partial charge in [0.25, 0.3) is 5.91 Å². The van der Waals surface area contributed by atoms with Crippen LogP contribution in [0.1, 0.15) is 47.3 Å². The highest BCUT2D eigenvalue weighted by atomic mass is 16.2. The Morgan fingerprint density at radius 3 is 2.12 bits per heavy atom. The van der Waals surface area contributed by atoms with E-state index in [1.165, 1.54) is 0 Å². The predicted octanol–water partition coefficient (Wildman–Crippen LogP) is 3.28. The number of rotatable bonds is 4. The van der Waals surface area contributed by atoms with Crippen LogP contribution in [0.15, 0.2) is 48.5 Å². The molecule has 0 aromatic heterocycles. The van der Waals surface area contributed by atoms with Crippen LogP contribution in [-0.4, -0.2) is 64.6 Å². The van der Waals surface area contributed by atoms with Gasteiger partial charge in [0.2, 0.25) is 11.8 Å². The standard InChI is InChI=1S/C27H33N3O3/c1-19(2)16-25(31)30-18-23-7-5-4-6-22(23)17-24(30)27(33)29-14-12-28(13-15-29)26(32)21-10-8-20(3)9-11-21/h4-11,19,24H,12-18H2,1-3H3. The predicted molar refractivity (Wildman–Crippen MR) is 128 cm³/mol. The summed E-state index contributed by atoms with van der Waals surface area (Å²) in [7, 11) is 0. The molecular formula is C27H33N3O3. The summed E-state index contributed by atoms with van der Waals surface area (Å²) >= 11 is 0. The highest BCUT2D eigenvalue weighted by molar-refractivity contribution is 5.94. The normalized spacial score (nSPS) is 18.3. The van der Waals surface area contributed by atoms with Gasteiger partial charge in [-0.25, -0.2) is 0 Å². The maximum atomic E-state index is 13.6. The average molecular weight is 448 g/mol. The van der Waals surface area contributed by atoms with Crippen molar-refractivity contribution < 1.29 is 14.4 Å². The van der Waals surface area contributed by atoms with Crippen molar-refractivity contribution in [3.8, 4) is 0 Å². The number of aryl methyl sites for hydroxylation is 1. The Hall–Kier alpha value is -3.15. The molecule has 0 spiro atoms. The van der Waals surface area contributed by atoms with Gasteiger partial charge in [-0.2, -0.15) is 0 Å². The van der Waals surface area contributed by atoms with Gasteiger partial charge in [-0.15, -0.1) is 0 Å². The van der Waals surface area contributed by atoms with E-state index in [0.29, 0.717) is 51.1 Å². The van der Waals surface area contributed by atoms with Gasteiger partial charge in [-0.1, -0.05) is 55.8 Å². The lowest BCUT2D eigenvalue weighted by molar-refractivity contribution is -0.148. The molecule has 1 saturated heterocycles. The number of hydrogen-bond donors (Lipinski definition) is 0. The number of piperazine rings is 1. The molecule has 4 rings (SSSR count). The zero-order valence-corrected chi connectivity index (χ0v) is 19.8. The summed E-state index contributed by atoms with van der Waals surface area (Å²) in [4.78, 5) is 44.9. The molecule has 1 atom stereocenters. The molecule has 0 aliphatic carbocycles. The van der Waals surface area contributed by atoms with Gasteiger partial charge in [0.05, 0.1) is 0 Å². The summed E-state index contributed by atoms with van der Waals surface area (Å²) in [5.41, 5.74) is 4.05. The smallest absolute Gasteiger partial charge is 0.253 e. The van der Waals surface area contributed by atoms with Gasteiger partial charge >= 0.3 is 0 Å². The zero-order valence-electron chi connectivity index (χ0n) is 19.8. The Morgan fingerprint density at radius 2 is 1.48 bits per heavy atom. The molecule has 2 aromatic rings. The second-order valence-corrected chi connectivity index (χ2v) is 9.59. The molecule has 2 aliphatic rings. The van der Waals surface area contributed by atoms with Crippen LogP contribution in [0.4, 0.5) is 0 Å². The SMILES string of the molecule is Cc1ccc(C(=O)N2CCN(C(=O)C3Cc4ccccc4CN3C(=O)CC(C)C)CC2)cc1. The highest BCUT2D eigenvalue weighted by Crippen LogP contribution is 2.26. The molecule has 0 bridgehead atoms. The highest BCUT2D eigenvalue weighted by Gasteiger charge is 2.38. The van der Waals surface area contributed by atoms with Gasteiger partial charge in [-0.3, -0.25) is 14.4 Å². The van der Waals surface area contributed by atoms with Gasteiger partial charge < -0.3 is 14.7 Å². The first kappa shape index (κ1) is 23.0. The number of benzene rings is 2. The van der Waals surface area contributed by atoms with Crippen LogP contribution in [0.2, 0.25) is 0 Å². The molecule has 3 amide bonds. The molecule has 0 radical (unpaired) electrons. The van der Waals surface area contributed by atoms with Crippen LogP contribution in [0.5, 0.6) is 0 Å². The van der Waals surface area contributed by atoms with E-state index in [4.69, 9.17) is 0 Å². The van der Waals surface area contributed by atoms with Crippen LogP contribution in [0.25, 0.3) is 0 Å². The lowest BCUT2D eigenvalue weighted by Gasteiger charge is -2.41. The van der Waals surface area contributed by atoms with Crippen LogP contribution in [0, 0.1) is 12.8 Å². The molecule has 6 heteroatoms. The summed E-state index contributed by atoms with van der Waals surface area (Å²) in [6.45, 7) is 8.50. The lowest BCUT2D eigenvalue weighted by Crippen LogP contribution is -2.58. The van der Waals surface area contributed by atoms with Crippen LogP contribution in [-0.2, 0) is 22.6 Å². The quantitative estimate of drug-likeness (QED) is 0.723. The van der Waals surface area contributed by atoms with Crippen LogP contribution in [0.3, 0.4) is 0 Å². The Kier molecular flexibility index (Phi) is 6.82. The first-order valence-electron chi connectivity index (χ1n) is 11.8. The molecule has 1 unspecified atom stereocenters. The van der Waals surface area contributed by atoms with Crippen LogP contribution >= 0.6 is 0 Å². The van der Waals surface area contributed by atoms with E-state index in [9.17, 15) is 14.4 Å². The first-order valence-corrected chi connectivity index (χ1v) is 11.8. The third-order valence-electron chi connectivity index (χ3n) is 6.61. The molecule has 1 fully saturated rings. The monoisotopic (exact) mass is 447 g/mol. The van der Waals surface area contributed by atoms with Crippen LogP contribution < -0.4 is 0 Å². The number of nitrogens with zero attached hydrogens (tertiary/aromatic N) is 3. The fourth-order valence-corrected chi connectivity index (χ4v) is 4.69. The van der Waals surface area contributed by atoms with Gasteiger partial charge in [0.15, 0.2) is 0 Å². The van der Waals surface area contributed by atoms with Gasteiger partial charge in [-0.05, 0) is 36.1 Å². The summed E-state index contributed by atoms with van der Waals surface area (Å²) < 4.78 is 0. The van der Waals surface area contributed by atoms with E-state index >= 15 is 0 Å². The Balaban J connectivity index is 1.45. The Labute approximate surface area is 196 Å². The second kappa shape index (κ2) is 9.77. The minimum Gasteiger partial charge on any atom is -0.337 e. The largest absolute Gasteiger partial charge is 0.337 e. The Bertz CT molecular complexity index is 1020. The van der Waals surface area contributed by atoms with Crippen molar-refractivity contribution in [3.05, 3.63) is 70.8 Å². The fraction of sp³-hybridized carbons (Fsp3) is 0.444. The van der Waals surface area contributed by atoms with Crippen molar-refractivity contribution >= 4 is 17.7 Å². The van der Waals surface area contributed by atoms with Gasteiger partial charge in [0.1, 0.15) is 6.04 Å². The fourth-order valence-electron chi connectivity index (χ4n) is 4.69. The summed E-state index contributed by atoms with van der Waals surface area (Å²) in [6, 6.07) is 15.2. The minimum absolute atomic E-state index is 0.00225. The van der Waals surface area contributed by atoms with E-state index in [0.717, 1.165) is 16.7 Å². The molecule has 2 aromatic carbocycles. The van der Waals surface area contributed by atoms with E-state index in [-0.39, 0.29) is 23.6 Å². The molecule has 174 valence electrons. The number of hydrogen-bond acceptors (Lipinski definition) is 3. The van der Waals surface area contributed by atoms with Crippen molar-refractivity contribution in [2.45, 2.75) is 46.2 Å². The molecule has 0 N–H and O–H groups in total. The van der Waals surface area contributed by atoms with E-state index in [1.807, 2.05) is 73.0 Å². The topological polar surface area (TPSA) is 60.9 Å². The van der Waals surface area contributed by atoms with Crippen molar-refractivity contribution in [2.24, 2.45) is 5.92 Å². The summed E-state index contributed by atoms with van der Waals surface area (Å²) in [5, 5.41) is 0. The summed E-state index contributed by atoms with van der Waals surface area (Å²) in [5.74, 6) is 0.263. The number of amides is 3. The maximum Gasteiger partial charge on any atom is 0.253 e. The number of fused-ring (bicyclic) bond motifs is 1. The van der Waals surface area contributed by atoms with Crippen molar-refractivity contribution in [1.82, 2.24) is 14.7 Å². The number of carbonyl (C=O) groups excluding carboxylic acids is 3. The molecular weight excluding hydrogens is 414 g/mol. The van der Waals surface area contributed by atoms with E-state index in [2.05, 4.69) is 6.07 Å². The maximum absolute atomic E-state index is 13.6. The average Bonchev–Trinajstić information content (AvgIpc) is 2.82. The zero-order chi connectivity index (χ0) is 23.5. The third kappa shape index (κ3) is 5.10. The van der Waals surface area contributed by atoms with Gasteiger partial charge in [0, 0.05) is 51.1 Å². The summed E-state index contributed by atoms with van der Waals surface area (Å²) in [6.07, 6.45) is 0.978.